The minimum absolute atomic E-state index is 0.0823. The van der Waals surface area contributed by atoms with Gasteiger partial charge in [-0.15, -0.1) is 0 Å². The van der Waals surface area contributed by atoms with Crippen molar-refractivity contribution >= 4 is 17.9 Å². The van der Waals surface area contributed by atoms with E-state index in [0.29, 0.717) is 19.3 Å². The van der Waals surface area contributed by atoms with Gasteiger partial charge in [0.1, 0.15) is 13.2 Å². The summed E-state index contributed by atoms with van der Waals surface area (Å²) in [6.45, 7) is 6.45. The van der Waals surface area contributed by atoms with Crippen LogP contribution in [0.25, 0.3) is 0 Å². The molecule has 0 aromatic rings. The molecular weight excluding hydrogens is 1010 g/mol. The average Bonchev–Trinajstić information content (AvgIpc) is 3.48. The second kappa shape index (κ2) is 69.3. The Labute approximate surface area is 507 Å². The SMILES string of the molecule is CC/C=C\C/C=C\C/C=C\C/C=C\C/C=C\C/C=C\C/C=C\CCCCCCCCCCCCCCCC(=O)OCC(COC(=O)CCCCCCC/C=C\CCC)OC(=O)CCCCCCCCCCC/C=C\C/C=C\CCCCC. The summed E-state index contributed by atoms with van der Waals surface area (Å²) in [5.41, 5.74) is 0. The van der Waals surface area contributed by atoms with Gasteiger partial charge in [0, 0.05) is 19.3 Å². The first-order valence-corrected chi connectivity index (χ1v) is 34.5. The predicted octanol–water partition coefficient (Wildman–Crippen LogP) is 23.9. The third-order valence-electron chi connectivity index (χ3n) is 14.7. The van der Waals surface area contributed by atoms with Gasteiger partial charge in [-0.05, 0) is 128 Å². The summed E-state index contributed by atoms with van der Waals surface area (Å²) >= 11 is 0. The van der Waals surface area contributed by atoms with Crippen molar-refractivity contribution in [2.45, 2.75) is 329 Å². The van der Waals surface area contributed by atoms with Crippen LogP contribution < -0.4 is 0 Å². The van der Waals surface area contributed by atoms with E-state index in [0.717, 1.165) is 122 Å². The lowest BCUT2D eigenvalue weighted by Gasteiger charge is -2.18. The van der Waals surface area contributed by atoms with Crippen LogP contribution in [-0.2, 0) is 28.6 Å². The lowest BCUT2D eigenvalue weighted by atomic mass is 10.0. The number of carbonyl (C=O) groups is 3. The molecule has 6 heteroatoms. The molecule has 0 spiro atoms. The van der Waals surface area contributed by atoms with Crippen molar-refractivity contribution in [3.05, 3.63) is 122 Å². The van der Waals surface area contributed by atoms with Crippen molar-refractivity contribution in [3.63, 3.8) is 0 Å². The molecule has 0 fully saturated rings. The highest BCUT2D eigenvalue weighted by molar-refractivity contribution is 5.71. The van der Waals surface area contributed by atoms with E-state index < -0.39 is 6.10 Å². The number of allylic oxidation sites excluding steroid dienone is 20. The van der Waals surface area contributed by atoms with Crippen LogP contribution in [-0.4, -0.2) is 37.2 Å². The van der Waals surface area contributed by atoms with E-state index >= 15 is 0 Å². The summed E-state index contributed by atoms with van der Waals surface area (Å²) in [7, 11) is 0. The van der Waals surface area contributed by atoms with Crippen LogP contribution in [0, 0.1) is 0 Å². The van der Waals surface area contributed by atoms with Crippen LogP contribution in [0.1, 0.15) is 323 Å². The molecule has 0 aliphatic carbocycles. The zero-order valence-electron chi connectivity index (χ0n) is 53.7. The summed E-state index contributed by atoms with van der Waals surface area (Å²) in [5, 5.41) is 0. The molecular formula is C76H128O6. The maximum absolute atomic E-state index is 12.9. The van der Waals surface area contributed by atoms with E-state index in [1.807, 2.05) is 0 Å². The standard InChI is InChI=1S/C76H128O6/c1-4-7-10-13-16-19-22-24-26-28-30-31-32-33-34-35-36-37-38-39-40-41-42-43-44-45-47-48-50-52-54-57-60-63-66-69-75(78)81-72-73(71-80-74(77)68-65-62-59-56-21-18-15-12-9-6-3)82-76(79)70-67-64-61-58-55-53-51-49-46-29-27-25-23-20-17-14-11-8-5-2/h7,10,12,15-17,19-20,24-27,30-31,33-34,36-37,39-40,73H,4-6,8-9,11,13-14,18,21-23,28-29,32,35,38,41-72H2,1-3H3/b10-7-,15-12-,19-16-,20-17-,26-24-,27-25-,31-30-,34-33-,37-36-,40-39-. The number of esters is 3. The second-order valence-electron chi connectivity index (χ2n) is 22.7. The molecule has 6 nitrogen and oxygen atoms in total. The average molecular weight is 1140 g/mol. The minimum Gasteiger partial charge on any atom is -0.462 e. The van der Waals surface area contributed by atoms with Gasteiger partial charge in [0.25, 0.3) is 0 Å². The van der Waals surface area contributed by atoms with Gasteiger partial charge in [-0.2, -0.15) is 0 Å². The first-order chi connectivity index (χ1) is 40.5. The molecule has 1 atom stereocenters. The largest absolute Gasteiger partial charge is 0.462 e. The molecule has 0 radical (unpaired) electrons. The van der Waals surface area contributed by atoms with E-state index in [2.05, 4.69) is 142 Å². The zero-order valence-corrected chi connectivity index (χ0v) is 53.7. The summed E-state index contributed by atoms with van der Waals surface area (Å²) in [6.07, 6.45) is 96.6. The Balaban J connectivity index is 4.15. The molecule has 468 valence electrons. The lowest BCUT2D eigenvalue weighted by molar-refractivity contribution is -0.167. The summed E-state index contributed by atoms with van der Waals surface area (Å²) < 4.78 is 16.9. The number of unbranched alkanes of at least 4 members (excludes halogenated alkanes) is 31. The second-order valence-corrected chi connectivity index (χ2v) is 22.7. The van der Waals surface area contributed by atoms with Gasteiger partial charge in [-0.3, -0.25) is 14.4 Å². The number of carbonyl (C=O) groups excluding carboxylic acids is 3. The van der Waals surface area contributed by atoms with Gasteiger partial charge in [-0.1, -0.05) is 296 Å². The smallest absolute Gasteiger partial charge is 0.306 e. The lowest BCUT2D eigenvalue weighted by Crippen LogP contribution is -2.30. The van der Waals surface area contributed by atoms with Gasteiger partial charge >= 0.3 is 17.9 Å². The van der Waals surface area contributed by atoms with Gasteiger partial charge in [-0.25, -0.2) is 0 Å². The van der Waals surface area contributed by atoms with Crippen molar-refractivity contribution in [1.29, 1.82) is 0 Å². The highest BCUT2D eigenvalue weighted by atomic mass is 16.6. The fraction of sp³-hybridized carbons (Fsp3) is 0.697. The van der Waals surface area contributed by atoms with E-state index in [4.69, 9.17) is 14.2 Å². The highest BCUT2D eigenvalue weighted by Gasteiger charge is 2.19. The molecule has 0 heterocycles. The van der Waals surface area contributed by atoms with Crippen molar-refractivity contribution < 1.29 is 28.6 Å². The molecule has 0 aliphatic heterocycles. The summed E-state index contributed by atoms with van der Waals surface area (Å²) in [4.78, 5) is 38.3. The fourth-order valence-corrected chi connectivity index (χ4v) is 9.52. The quantitative estimate of drug-likeness (QED) is 0.0261. The molecule has 0 rings (SSSR count). The molecule has 0 aliphatic rings. The first-order valence-electron chi connectivity index (χ1n) is 34.5. The van der Waals surface area contributed by atoms with Crippen LogP contribution in [0.2, 0.25) is 0 Å². The maximum Gasteiger partial charge on any atom is 0.306 e. The van der Waals surface area contributed by atoms with Gasteiger partial charge < -0.3 is 14.2 Å². The van der Waals surface area contributed by atoms with Gasteiger partial charge in [0.2, 0.25) is 0 Å². The monoisotopic (exact) mass is 1140 g/mol. The third-order valence-corrected chi connectivity index (χ3v) is 14.7. The number of ether oxygens (including phenoxy) is 3. The Kier molecular flexibility index (Phi) is 65.8. The van der Waals surface area contributed by atoms with Crippen molar-refractivity contribution in [1.82, 2.24) is 0 Å². The Morgan fingerprint density at radius 2 is 0.500 bits per heavy atom. The fourth-order valence-electron chi connectivity index (χ4n) is 9.52. The van der Waals surface area contributed by atoms with Crippen LogP contribution in [0.5, 0.6) is 0 Å². The Hall–Kier alpha value is -4.19. The van der Waals surface area contributed by atoms with Crippen LogP contribution >= 0.6 is 0 Å². The highest BCUT2D eigenvalue weighted by Crippen LogP contribution is 2.16. The molecule has 82 heavy (non-hydrogen) atoms. The predicted molar refractivity (Wildman–Crippen MR) is 357 cm³/mol. The first kappa shape index (κ1) is 77.8. The Bertz CT molecular complexity index is 1690. The number of rotatable bonds is 62. The van der Waals surface area contributed by atoms with Crippen molar-refractivity contribution in [3.8, 4) is 0 Å². The summed E-state index contributed by atoms with van der Waals surface area (Å²) in [5.74, 6) is -0.890. The van der Waals surface area contributed by atoms with E-state index in [1.165, 1.54) is 161 Å². The van der Waals surface area contributed by atoms with Crippen LogP contribution in [0.4, 0.5) is 0 Å². The molecule has 0 amide bonds. The van der Waals surface area contributed by atoms with E-state index in [9.17, 15) is 14.4 Å². The number of hydrogen-bond donors (Lipinski definition) is 0. The van der Waals surface area contributed by atoms with E-state index in [-0.39, 0.29) is 31.1 Å². The van der Waals surface area contributed by atoms with Crippen molar-refractivity contribution in [2.75, 3.05) is 13.2 Å². The topological polar surface area (TPSA) is 78.9 Å². The molecule has 0 saturated heterocycles. The number of hydrogen-bond acceptors (Lipinski definition) is 6. The maximum atomic E-state index is 12.9. The Morgan fingerprint density at radius 1 is 0.256 bits per heavy atom. The van der Waals surface area contributed by atoms with Crippen LogP contribution in [0.15, 0.2) is 122 Å². The molecule has 0 N–H and O–H groups in total. The van der Waals surface area contributed by atoms with Crippen molar-refractivity contribution in [2.24, 2.45) is 0 Å². The summed E-state index contributed by atoms with van der Waals surface area (Å²) in [6, 6.07) is 0. The Morgan fingerprint density at radius 3 is 0.805 bits per heavy atom. The normalized spacial score (nSPS) is 12.9. The van der Waals surface area contributed by atoms with Crippen LogP contribution in [0.3, 0.4) is 0 Å². The zero-order chi connectivity index (χ0) is 59.2. The molecule has 1 unspecified atom stereocenters. The van der Waals surface area contributed by atoms with E-state index in [1.54, 1.807) is 0 Å². The van der Waals surface area contributed by atoms with Gasteiger partial charge in [0.15, 0.2) is 6.10 Å². The molecule has 0 saturated carbocycles. The minimum atomic E-state index is -0.785. The third kappa shape index (κ3) is 66.6. The van der Waals surface area contributed by atoms with Gasteiger partial charge in [0.05, 0.1) is 0 Å². The molecule has 0 bridgehead atoms. The molecule has 0 aromatic carbocycles. The molecule has 0 aromatic heterocycles.